The minimum absolute atomic E-state index is 0.576. The zero-order chi connectivity index (χ0) is 21.3. The van der Waals surface area contributed by atoms with E-state index >= 15 is 0 Å². The van der Waals surface area contributed by atoms with Crippen LogP contribution in [0.2, 0.25) is 0 Å². The largest absolute Gasteiger partial charge is 0.330 e. The Morgan fingerprint density at radius 1 is 0.571 bits per heavy atom. The first-order valence-corrected chi connectivity index (χ1v) is 14.1. The van der Waals surface area contributed by atoms with Crippen molar-refractivity contribution in [1.82, 2.24) is 0 Å². The van der Waals surface area contributed by atoms with Gasteiger partial charge in [-0.05, 0) is 37.0 Å². The normalized spacial score (nSPS) is 17.2. The lowest BCUT2D eigenvalue weighted by Gasteiger charge is -2.23. The second-order valence-electron chi connectivity index (χ2n) is 8.56. The van der Waals surface area contributed by atoms with E-state index in [0.717, 1.165) is 25.7 Å². The van der Waals surface area contributed by atoms with Gasteiger partial charge in [-0.1, -0.05) is 99.3 Å². The van der Waals surface area contributed by atoms with E-state index in [1.165, 1.54) is 51.4 Å². The molecule has 0 rings (SSSR count). The molecule has 170 valence electrons. The molecule has 3 atom stereocenters. The number of rotatable bonds is 20. The van der Waals surface area contributed by atoms with Gasteiger partial charge in [-0.2, -0.15) is 0 Å². The summed E-state index contributed by atoms with van der Waals surface area (Å²) < 4.78 is 25.4. The molecule has 0 amide bonds. The monoisotopic (exact) mass is 418 g/mol. The predicted molar refractivity (Wildman–Crippen MR) is 124 cm³/mol. The summed E-state index contributed by atoms with van der Waals surface area (Å²) >= 11 is 0. The van der Waals surface area contributed by atoms with Crippen LogP contribution in [0.15, 0.2) is 0 Å². The fraction of sp³-hybridized carbons (Fsp3) is 1.00. The Hall–Kier alpha value is 0.150. The highest BCUT2D eigenvalue weighted by atomic mass is 31.2. The fourth-order valence-electron chi connectivity index (χ4n) is 4.11. The van der Waals surface area contributed by atoms with Crippen LogP contribution < -0.4 is 0 Å². The van der Waals surface area contributed by atoms with Crippen molar-refractivity contribution in [1.29, 1.82) is 0 Å². The third kappa shape index (κ3) is 13.4. The molecule has 4 heteroatoms. The Morgan fingerprint density at radius 3 is 1.25 bits per heavy atom. The van der Waals surface area contributed by atoms with Gasteiger partial charge in [-0.15, -0.1) is 0 Å². The van der Waals surface area contributed by atoms with E-state index in [9.17, 15) is 4.57 Å². The highest BCUT2D eigenvalue weighted by molar-refractivity contribution is 7.53. The van der Waals surface area contributed by atoms with Gasteiger partial charge in [-0.25, -0.2) is 0 Å². The van der Waals surface area contributed by atoms with E-state index in [2.05, 4.69) is 41.5 Å². The molecule has 0 saturated carbocycles. The predicted octanol–water partition coefficient (Wildman–Crippen LogP) is 8.86. The van der Waals surface area contributed by atoms with E-state index in [-0.39, 0.29) is 0 Å². The van der Waals surface area contributed by atoms with Crippen LogP contribution in [0.5, 0.6) is 0 Å². The first-order valence-electron chi connectivity index (χ1n) is 12.4. The standard InChI is InChI=1S/C24H51O3P/c1-7-13-22(10-4)16-19-26-28(25,21-18-24(12-6)15-9-3)27-20-17-23(11-5)14-8-2/h22-24H,7-21H2,1-6H3. The zero-order valence-electron chi connectivity index (χ0n) is 20.0. The maximum atomic E-state index is 13.4. The first-order chi connectivity index (χ1) is 13.5. The topological polar surface area (TPSA) is 35.5 Å². The molecule has 0 spiro atoms. The Morgan fingerprint density at radius 2 is 0.929 bits per heavy atom. The molecule has 0 aliphatic carbocycles. The van der Waals surface area contributed by atoms with E-state index in [1.807, 2.05) is 0 Å². The van der Waals surface area contributed by atoms with Crippen molar-refractivity contribution in [2.45, 2.75) is 119 Å². The molecule has 28 heavy (non-hydrogen) atoms. The van der Waals surface area contributed by atoms with E-state index in [1.54, 1.807) is 0 Å². The van der Waals surface area contributed by atoms with Crippen molar-refractivity contribution < 1.29 is 13.6 Å². The Kier molecular flexibility index (Phi) is 18.1. The summed E-state index contributed by atoms with van der Waals surface area (Å²) in [5.41, 5.74) is 0. The average molecular weight is 419 g/mol. The summed E-state index contributed by atoms with van der Waals surface area (Å²) in [5, 5.41) is 0. The lowest BCUT2D eigenvalue weighted by Crippen LogP contribution is -2.11. The molecule has 0 heterocycles. The third-order valence-electron chi connectivity index (χ3n) is 6.26. The van der Waals surface area contributed by atoms with Crippen LogP contribution in [0.4, 0.5) is 0 Å². The summed E-state index contributed by atoms with van der Waals surface area (Å²) in [6, 6.07) is 0. The highest BCUT2D eigenvalue weighted by Gasteiger charge is 2.26. The van der Waals surface area contributed by atoms with Gasteiger partial charge in [0, 0.05) is 0 Å². The van der Waals surface area contributed by atoms with E-state index in [0.29, 0.717) is 37.1 Å². The van der Waals surface area contributed by atoms with Crippen molar-refractivity contribution in [3.8, 4) is 0 Å². The average Bonchev–Trinajstić information content (AvgIpc) is 2.69. The lowest BCUT2D eigenvalue weighted by atomic mass is 9.98. The van der Waals surface area contributed by atoms with Gasteiger partial charge in [0.15, 0.2) is 0 Å². The van der Waals surface area contributed by atoms with Crippen molar-refractivity contribution in [3.63, 3.8) is 0 Å². The maximum Gasteiger partial charge on any atom is 0.330 e. The fourth-order valence-corrected chi connectivity index (χ4v) is 5.89. The van der Waals surface area contributed by atoms with Gasteiger partial charge < -0.3 is 9.05 Å². The van der Waals surface area contributed by atoms with Crippen LogP contribution in [0.3, 0.4) is 0 Å². The molecule has 0 aliphatic rings. The summed E-state index contributed by atoms with van der Waals surface area (Å²) in [5.74, 6) is 1.99. The highest BCUT2D eigenvalue weighted by Crippen LogP contribution is 2.50. The summed E-state index contributed by atoms with van der Waals surface area (Å²) in [4.78, 5) is 0. The summed E-state index contributed by atoms with van der Waals surface area (Å²) in [6.07, 6.45) is 14.3. The molecule has 0 aliphatic heterocycles. The van der Waals surface area contributed by atoms with Crippen LogP contribution in [0.25, 0.3) is 0 Å². The van der Waals surface area contributed by atoms with Gasteiger partial charge >= 0.3 is 7.60 Å². The van der Waals surface area contributed by atoms with Gasteiger partial charge in [0.25, 0.3) is 0 Å². The molecule has 0 bridgehead atoms. The minimum Gasteiger partial charge on any atom is -0.309 e. The number of hydrogen-bond donors (Lipinski definition) is 0. The molecular formula is C24H51O3P. The van der Waals surface area contributed by atoms with Crippen LogP contribution in [0, 0.1) is 17.8 Å². The van der Waals surface area contributed by atoms with Gasteiger partial charge in [0.2, 0.25) is 0 Å². The van der Waals surface area contributed by atoms with Gasteiger partial charge in [0.05, 0.1) is 19.4 Å². The van der Waals surface area contributed by atoms with Crippen LogP contribution in [-0.4, -0.2) is 19.4 Å². The molecule has 3 nitrogen and oxygen atoms in total. The van der Waals surface area contributed by atoms with Crippen LogP contribution in [-0.2, 0) is 13.6 Å². The second kappa shape index (κ2) is 18.0. The Balaban J connectivity index is 4.71. The first kappa shape index (κ1) is 28.1. The van der Waals surface area contributed by atoms with Crippen LogP contribution in [0.1, 0.15) is 119 Å². The molecular weight excluding hydrogens is 367 g/mol. The maximum absolute atomic E-state index is 13.4. The van der Waals surface area contributed by atoms with Crippen molar-refractivity contribution >= 4 is 7.60 Å². The summed E-state index contributed by atoms with van der Waals surface area (Å²) in [7, 11) is -2.98. The SMILES string of the molecule is CCCC(CC)CCOP(=O)(CCC(CC)CCC)OCCC(CC)CCC. The quantitative estimate of drug-likeness (QED) is 0.185. The second-order valence-corrected chi connectivity index (χ2v) is 10.7. The van der Waals surface area contributed by atoms with E-state index in [4.69, 9.17) is 9.05 Å². The molecule has 0 aromatic carbocycles. The molecule has 3 unspecified atom stereocenters. The van der Waals surface area contributed by atoms with Gasteiger partial charge in [-0.3, -0.25) is 4.57 Å². The minimum atomic E-state index is -2.98. The Bertz CT molecular complexity index is 362. The summed E-state index contributed by atoms with van der Waals surface area (Å²) in [6.45, 7) is 14.6. The van der Waals surface area contributed by atoms with Crippen molar-refractivity contribution in [3.05, 3.63) is 0 Å². The molecule has 0 radical (unpaired) electrons. The van der Waals surface area contributed by atoms with Crippen molar-refractivity contribution in [2.75, 3.05) is 19.4 Å². The number of hydrogen-bond acceptors (Lipinski definition) is 3. The molecule has 0 aromatic rings. The molecule has 0 saturated heterocycles. The zero-order valence-corrected chi connectivity index (χ0v) is 20.9. The smallest absolute Gasteiger partial charge is 0.309 e. The molecule has 0 N–H and O–H groups in total. The van der Waals surface area contributed by atoms with Crippen molar-refractivity contribution in [2.24, 2.45) is 17.8 Å². The van der Waals surface area contributed by atoms with Gasteiger partial charge in [0.1, 0.15) is 0 Å². The Labute approximate surface area is 177 Å². The molecule has 0 fully saturated rings. The van der Waals surface area contributed by atoms with Crippen LogP contribution >= 0.6 is 7.60 Å². The third-order valence-corrected chi connectivity index (χ3v) is 8.22. The molecule has 0 aromatic heterocycles. The van der Waals surface area contributed by atoms with E-state index < -0.39 is 7.60 Å². The lowest BCUT2D eigenvalue weighted by molar-refractivity contribution is 0.178.